The molecule has 0 saturated heterocycles. The van der Waals surface area contributed by atoms with Crippen LogP contribution in [0.5, 0.6) is 0 Å². The average molecular weight is 202 g/mol. The number of rotatable bonds is 4. The Morgan fingerprint density at radius 3 is 2.86 bits per heavy atom. The second-order valence-corrected chi connectivity index (χ2v) is 3.92. The SMILES string of the molecule is N#CCCCSc1cccc(C#N)c1. The summed E-state index contributed by atoms with van der Waals surface area (Å²) in [5.74, 6) is 0.933. The molecule has 0 N–H and O–H groups in total. The van der Waals surface area contributed by atoms with Crippen LogP contribution in [0, 0.1) is 22.7 Å². The van der Waals surface area contributed by atoms with E-state index >= 15 is 0 Å². The van der Waals surface area contributed by atoms with Gasteiger partial charge >= 0.3 is 0 Å². The number of hydrogen-bond acceptors (Lipinski definition) is 3. The Labute approximate surface area is 88.2 Å². The molecule has 0 aliphatic carbocycles. The Morgan fingerprint density at radius 2 is 2.14 bits per heavy atom. The predicted octanol–water partition coefficient (Wildman–Crippen LogP) is 2.95. The molecule has 0 saturated carbocycles. The smallest absolute Gasteiger partial charge is 0.0992 e. The third-order valence-corrected chi connectivity index (χ3v) is 2.74. The summed E-state index contributed by atoms with van der Waals surface area (Å²) in [5, 5.41) is 17.0. The molecule has 1 aromatic carbocycles. The number of nitriles is 2. The maximum absolute atomic E-state index is 8.67. The molecule has 0 heterocycles. The number of unbranched alkanes of at least 4 members (excludes halogenated alkanes) is 1. The van der Waals surface area contributed by atoms with Gasteiger partial charge in [0.25, 0.3) is 0 Å². The van der Waals surface area contributed by atoms with Crippen molar-refractivity contribution in [1.29, 1.82) is 10.5 Å². The zero-order valence-corrected chi connectivity index (χ0v) is 8.55. The summed E-state index contributed by atoms with van der Waals surface area (Å²) in [7, 11) is 0. The van der Waals surface area contributed by atoms with Crippen LogP contribution in [-0.4, -0.2) is 5.75 Å². The topological polar surface area (TPSA) is 47.6 Å². The molecule has 70 valence electrons. The van der Waals surface area contributed by atoms with Crippen LogP contribution in [0.2, 0.25) is 0 Å². The molecule has 0 unspecified atom stereocenters. The Bertz CT molecular complexity index is 374. The van der Waals surface area contributed by atoms with E-state index in [1.165, 1.54) is 0 Å². The van der Waals surface area contributed by atoms with E-state index in [1.54, 1.807) is 17.8 Å². The van der Waals surface area contributed by atoms with Crippen LogP contribution >= 0.6 is 11.8 Å². The third kappa shape index (κ3) is 3.51. The molecule has 0 amide bonds. The van der Waals surface area contributed by atoms with Crippen LogP contribution in [-0.2, 0) is 0 Å². The Hall–Kier alpha value is -1.45. The highest BCUT2D eigenvalue weighted by molar-refractivity contribution is 7.99. The van der Waals surface area contributed by atoms with Gasteiger partial charge in [0, 0.05) is 11.3 Å². The zero-order chi connectivity index (χ0) is 10.2. The molecule has 3 heteroatoms. The molecule has 0 radical (unpaired) electrons. The van der Waals surface area contributed by atoms with Crippen molar-refractivity contribution in [3.63, 3.8) is 0 Å². The minimum atomic E-state index is 0.602. The van der Waals surface area contributed by atoms with E-state index in [2.05, 4.69) is 12.1 Å². The normalized spacial score (nSPS) is 9.00. The second-order valence-electron chi connectivity index (χ2n) is 2.75. The Kier molecular flexibility index (Phi) is 4.61. The highest BCUT2D eigenvalue weighted by atomic mass is 32.2. The van der Waals surface area contributed by atoms with Gasteiger partial charge in [-0.25, -0.2) is 0 Å². The maximum atomic E-state index is 8.67. The molecule has 1 rings (SSSR count). The molecular weight excluding hydrogens is 192 g/mol. The van der Waals surface area contributed by atoms with E-state index in [4.69, 9.17) is 10.5 Å². The Morgan fingerprint density at radius 1 is 1.29 bits per heavy atom. The molecule has 0 aliphatic rings. The van der Waals surface area contributed by atoms with Gasteiger partial charge in [-0.2, -0.15) is 10.5 Å². The first-order chi connectivity index (χ1) is 6.86. The lowest BCUT2D eigenvalue weighted by molar-refractivity contribution is 0.981. The van der Waals surface area contributed by atoms with Crippen LogP contribution in [0.15, 0.2) is 29.2 Å². The largest absolute Gasteiger partial charge is 0.198 e. The number of thioether (sulfide) groups is 1. The van der Waals surface area contributed by atoms with Crippen molar-refractivity contribution in [3.05, 3.63) is 29.8 Å². The molecule has 2 nitrogen and oxygen atoms in total. The molecule has 14 heavy (non-hydrogen) atoms. The first kappa shape index (κ1) is 10.6. The zero-order valence-electron chi connectivity index (χ0n) is 7.73. The van der Waals surface area contributed by atoms with Crippen molar-refractivity contribution in [2.24, 2.45) is 0 Å². The predicted molar refractivity (Wildman–Crippen MR) is 56.7 cm³/mol. The van der Waals surface area contributed by atoms with E-state index in [-0.39, 0.29) is 0 Å². The van der Waals surface area contributed by atoms with Crippen molar-refractivity contribution >= 4 is 11.8 Å². The maximum Gasteiger partial charge on any atom is 0.0992 e. The molecule has 0 atom stereocenters. The number of hydrogen-bond donors (Lipinski definition) is 0. The molecule has 0 fully saturated rings. The number of nitrogens with zero attached hydrogens (tertiary/aromatic N) is 2. The summed E-state index contributed by atoms with van der Waals surface area (Å²) in [6, 6.07) is 11.7. The lowest BCUT2D eigenvalue weighted by Gasteiger charge is -1.99. The van der Waals surface area contributed by atoms with Crippen LogP contribution in [0.25, 0.3) is 0 Å². The standard InChI is InChI=1S/C11H10N2S/c12-6-1-2-7-14-11-5-3-4-10(8-11)9-13/h3-5,8H,1-2,7H2. The first-order valence-electron chi connectivity index (χ1n) is 4.36. The third-order valence-electron chi connectivity index (χ3n) is 1.66. The molecule has 0 spiro atoms. The van der Waals surface area contributed by atoms with Crippen molar-refractivity contribution in [2.45, 2.75) is 17.7 Å². The van der Waals surface area contributed by atoms with Gasteiger partial charge in [-0.05, 0) is 30.4 Å². The summed E-state index contributed by atoms with van der Waals surface area (Å²) in [5.41, 5.74) is 0.690. The fraction of sp³-hybridized carbons (Fsp3) is 0.273. The first-order valence-corrected chi connectivity index (χ1v) is 5.35. The minimum absolute atomic E-state index is 0.602. The van der Waals surface area contributed by atoms with Gasteiger partial charge in [-0.3, -0.25) is 0 Å². The summed E-state index contributed by atoms with van der Waals surface area (Å²) in [6.45, 7) is 0. The van der Waals surface area contributed by atoms with Crippen molar-refractivity contribution in [2.75, 3.05) is 5.75 Å². The van der Waals surface area contributed by atoms with E-state index < -0.39 is 0 Å². The molecule has 0 aliphatic heterocycles. The lowest BCUT2D eigenvalue weighted by Crippen LogP contribution is -1.80. The van der Waals surface area contributed by atoms with E-state index in [0.717, 1.165) is 17.1 Å². The second kappa shape index (κ2) is 6.07. The van der Waals surface area contributed by atoms with Gasteiger partial charge in [0.1, 0.15) is 0 Å². The highest BCUT2D eigenvalue weighted by Crippen LogP contribution is 2.19. The van der Waals surface area contributed by atoms with Crippen LogP contribution < -0.4 is 0 Å². The molecule has 0 aromatic heterocycles. The van der Waals surface area contributed by atoms with Crippen LogP contribution in [0.3, 0.4) is 0 Å². The lowest BCUT2D eigenvalue weighted by atomic mass is 10.2. The monoisotopic (exact) mass is 202 g/mol. The van der Waals surface area contributed by atoms with Crippen molar-refractivity contribution in [1.82, 2.24) is 0 Å². The summed E-state index contributed by atoms with van der Waals surface area (Å²) < 4.78 is 0. The molecular formula is C11H10N2S. The van der Waals surface area contributed by atoms with Crippen LogP contribution in [0.1, 0.15) is 18.4 Å². The Balaban J connectivity index is 2.44. The summed E-state index contributed by atoms with van der Waals surface area (Å²) in [6.07, 6.45) is 1.50. The fourth-order valence-corrected chi connectivity index (χ4v) is 1.91. The van der Waals surface area contributed by atoms with E-state index in [0.29, 0.717) is 12.0 Å². The number of benzene rings is 1. The molecule has 0 bridgehead atoms. The van der Waals surface area contributed by atoms with Gasteiger partial charge < -0.3 is 0 Å². The average Bonchev–Trinajstić information content (AvgIpc) is 2.25. The van der Waals surface area contributed by atoms with Gasteiger partial charge in [0.05, 0.1) is 17.7 Å². The van der Waals surface area contributed by atoms with Gasteiger partial charge in [0.15, 0.2) is 0 Å². The van der Waals surface area contributed by atoms with Crippen molar-refractivity contribution < 1.29 is 0 Å². The van der Waals surface area contributed by atoms with E-state index in [1.807, 2.05) is 18.2 Å². The van der Waals surface area contributed by atoms with Gasteiger partial charge in [0.2, 0.25) is 0 Å². The van der Waals surface area contributed by atoms with Gasteiger partial charge in [-0.1, -0.05) is 6.07 Å². The minimum Gasteiger partial charge on any atom is -0.198 e. The summed E-state index contributed by atoms with van der Waals surface area (Å²) >= 11 is 1.69. The quantitative estimate of drug-likeness (QED) is 0.557. The summed E-state index contributed by atoms with van der Waals surface area (Å²) in [4.78, 5) is 1.10. The van der Waals surface area contributed by atoms with E-state index in [9.17, 15) is 0 Å². The van der Waals surface area contributed by atoms with Crippen molar-refractivity contribution in [3.8, 4) is 12.1 Å². The molecule has 1 aromatic rings. The highest BCUT2D eigenvalue weighted by Gasteiger charge is 1.95. The fourth-order valence-electron chi connectivity index (χ4n) is 0.997. The van der Waals surface area contributed by atoms with Crippen LogP contribution in [0.4, 0.5) is 0 Å². The van der Waals surface area contributed by atoms with Gasteiger partial charge in [-0.15, -0.1) is 11.8 Å².